The molecule has 1 rings (SSSR count). The van der Waals surface area contributed by atoms with Gasteiger partial charge in [0, 0.05) is 6.54 Å². The van der Waals surface area contributed by atoms with Crippen LogP contribution in [0.3, 0.4) is 0 Å². The van der Waals surface area contributed by atoms with E-state index in [1.165, 1.54) is 4.68 Å². The number of aromatic nitrogens is 2. The maximum atomic E-state index is 11.9. The molecule has 0 spiro atoms. The van der Waals surface area contributed by atoms with Gasteiger partial charge in [-0.2, -0.15) is 5.10 Å². The monoisotopic (exact) mass is 317 g/mol. The van der Waals surface area contributed by atoms with Crippen molar-refractivity contribution >= 4 is 21.6 Å². The van der Waals surface area contributed by atoms with Crippen LogP contribution in [0.25, 0.3) is 0 Å². The fourth-order valence-electron chi connectivity index (χ4n) is 1.27. The van der Waals surface area contributed by atoms with Crippen LogP contribution >= 0.6 is 15.9 Å². The first-order valence-electron chi connectivity index (χ1n) is 5.86. The van der Waals surface area contributed by atoms with Gasteiger partial charge >= 0.3 is 0 Å². The number of hydrogen-bond acceptors (Lipinski definition) is 4. The molecule has 2 N–H and O–H groups in total. The Bertz CT molecular complexity index is 489. The molecule has 0 bridgehead atoms. The summed E-state index contributed by atoms with van der Waals surface area (Å²) in [5.41, 5.74) is -1.14. The molecule has 6 heteroatoms. The number of rotatable bonds is 4. The van der Waals surface area contributed by atoms with Gasteiger partial charge in [-0.15, -0.1) is 0 Å². The number of nitrogens with one attached hydrogen (secondary N) is 1. The second kappa shape index (κ2) is 5.01. The second-order valence-corrected chi connectivity index (χ2v) is 6.10. The van der Waals surface area contributed by atoms with Crippen LogP contribution in [0.15, 0.2) is 15.5 Å². The minimum Gasteiger partial charge on any atom is -0.388 e. The molecule has 0 saturated heterocycles. The van der Waals surface area contributed by atoms with Crippen molar-refractivity contribution in [1.82, 2.24) is 9.78 Å². The summed E-state index contributed by atoms with van der Waals surface area (Å²) in [6.07, 6.45) is 1.59. The van der Waals surface area contributed by atoms with E-state index in [9.17, 15) is 9.90 Å². The van der Waals surface area contributed by atoms with E-state index in [4.69, 9.17) is 0 Å². The Morgan fingerprint density at radius 1 is 1.44 bits per heavy atom. The molecule has 0 radical (unpaired) electrons. The molecular formula is C12H20BrN3O2. The van der Waals surface area contributed by atoms with Crippen LogP contribution in [-0.4, -0.2) is 26.0 Å². The highest BCUT2D eigenvalue weighted by Crippen LogP contribution is 2.28. The van der Waals surface area contributed by atoms with Gasteiger partial charge in [-0.25, -0.2) is 4.68 Å². The highest BCUT2D eigenvalue weighted by atomic mass is 79.9. The lowest BCUT2D eigenvalue weighted by Gasteiger charge is -2.38. The quantitative estimate of drug-likeness (QED) is 0.891. The molecule has 5 nitrogen and oxygen atoms in total. The Kier molecular flexibility index (Phi) is 4.23. The molecule has 0 fully saturated rings. The highest BCUT2D eigenvalue weighted by molar-refractivity contribution is 9.10. The first-order chi connectivity index (χ1) is 8.10. The first kappa shape index (κ1) is 15.2. The molecule has 0 unspecified atom stereocenters. The van der Waals surface area contributed by atoms with Gasteiger partial charge in [0.05, 0.1) is 23.0 Å². The average Bonchev–Trinajstić information content (AvgIpc) is 2.23. The normalized spacial score (nSPS) is 12.6. The standard InChI is InChI=1S/C12H20BrN3O2/c1-6-16-10(17)9(13)8(7-14-16)15-11(2,3)12(4,5)18/h7,15,18H,6H2,1-5H3. The van der Waals surface area contributed by atoms with E-state index in [1.807, 2.05) is 20.8 Å². The smallest absolute Gasteiger partial charge is 0.283 e. The topological polar surface area (TPSA) is 67.2 Å². The third-order valence-corrected chi connectivity index (χ3v) is 4.03. The Morgan fingerprint density at radius 3 is 2.44 bits per heavy atom. The van der Waals surface area contributed by atoms with Crippen LogP contribution in [0.2, 0.25) is 0 Å². The average molecular weight is 318 g/mol. The van der Waals surface area contributed by atoms with E-state index in [2.05, 4.69) is 26.3 Å². The van der Waals surface area contributed by atoms with Crippen molar-refractivity contribution < 1.29 is 5.11 Å². The fourth-order valence-corrected chi connectivity index (χ4v) is 1.67. The molecule has 1 aromatic heterocycles. The van der Waals surface area contributed by atoms with E-state index < -0.39 is 11.1 Å². The molecule has 102 valence electrons. The van der Waals surface area contributed by atoms with Crippen molar-refractivity contribution in [3.63, 3.8) is 0 Å². The van der Waals surface area contributed by atoms with Crippen LogP contribution in [-0.2, 0) is 6.54 Å². The lowest BCUT2D eigenvalue weighted by atomic mass is 9.86. The van der Waals surface area contributed by atoms with Gasteiger partial charge in [-0.3, -0.25) is 4.79 Å². The van der Waals surface area contributed by atoms with Crippen molar-refractivity contribution in [2.24, 2.45) is 0 Å². The maximum Gasteiger partial charge on any atom is 0.283 e. The van der Waals surface area contributed by atoms with Gasteiger partial charge in [-0.05, 0) is 50.5 Å². The number of aryl methyl sites for hydroxylation is 1. The van der Waals surface area contributed by atoms with Gasteiger partial charge in [-0.1, -0.05) is 0 Å². The van der Waals surface area contributed by atoms with Crippen molar-refractivity contribution in [2.45, 2.75) is 52.3 Å². The lowest BCUT2D eigenvalue weighted by Crippen LogP contribution is -2.51. The molecule has 0 aliphatic rings. The third-order valence-electron chi connectivity index (χ3n) is 3.26. The molecule has 0 aliphatic carbocycles. The fraction of sp³-hybridized carbons (Fsp3) is 0.667. The molecule has 18 heavy (non-hydrogen) atoms. The summed E-state index contributed by atoms with van der Waals surface area (Å²) in [5, 5.41) is 17.3. The molecule has 0 aromatic carbocycles. The number of aliphatic hydroxyl groups is 1. The van der Waals surface area contributed by atoms with Crippen LogP contribution in [0.5, 0.6) is 0 Å². The summed E-state index contributed by atoms with van der Waals surface area (Å²) < 4.78 is 1.79. The van der Waals surface area contributed by atoms with E-state index in [-0.39, 0.29) is 5.56 Å². The van der Waals surface area contributed by atoms with Crippen LogP contribution < -0.4 is 10.9 Å². The van der Waals surface area contributed by atoms with Crippen molar-refractivity contribution in [1.29, 1.82) is 0 Å². The first-order valence-corrected chi connectivity index (χ1v) is 6.65. The predicted molar refractivity (Wildman–Crippen MR) is 75.9 cm³/mol. The maximum absolute atomic E-state index is 11.9. The number of halogens is 1. The lowest BCUT2D eigenvalue weighted by molar-refractivity contribution is 0.0240. The van der Waals surface area contributed by atoms with Gasteiger partial charge in [0.1, 0.15) is 4.47 Å². The van der Waals surface area contributed by atoms with Crippen molar-refractivity contribution in [3.8, 4) is 0 Å². The van der Waals surface area contributed by atoms with E-state index in [0.717, 1.165) is 0 Å². The molecule has 1 aromatic rings. The third kappa shape index (κ3) is 2.92. The second-order valence-electron chi connectivity index (χ2n) is 5.30. The Hall–Kier alpha value is -0.880. The van der Waals surface area contributed by atoms with E-state index in [1.54, 1.807) is 20.0 Å². The largest absolute Gasteiger partial charge is 0.388 e. The van der Waals surface area contributed by atoms with Gasteiger partial charge in [0.25, 0.3) is 5.56 Å². The zero-order chi connectivity index (χ0) is 14.1. The summed E-state index contributed by atoms with van der Waals surface area (Å²) >= 11 is 3.27. The number of anilines is 1. The van der Waals surface area contributed by atoms with Gasteiger partial charge in [0.15, 0.2) is 0 Å². The van der Waals surface area contributed by atoms with Crippen molar-refractivity contribution in [3.05, 3.63) is 21.0 Å². The van der Waals surface area contributed by atoms with Crippen LogP contribution in [0.1, 0.15) is 34.6 Å². The Labute approximate surface area is 115 Å². The Balaban J connectivity index is 3.15. The molecule has 0 atom stereocenters. The SMILES string of the molecule is CCn1ncc(NC(C)(C)C(C)(C)O)c(Br)c1=O. The van der Waals surface area contributed by atoms with E-state index in [0.29, 0.717) is 16.7 Å². The summed E-state index contributed by atoms with van der Waals surface area (Å²) in [7, 11) is 0. The van der Waals surface area contributed by atoms with E-state index >= 15 is 0 Å². The summed E-state index contributed by atoms with van der Waals surface area (Å²) in [6.45, 7) is 9.54. The zero-order valence-electron chi connectivity index (χ0n) is 11.4. The van der Waals surface area contributed by atoms with Crippen LogP contribution in [0, 0.1) is 0 Å². The summed E-state index contributed by atoms with van der Waals surface area (Å²) in [6, 6.07) is 0. The molecule has 0 saturated carbocycles. The van der Waals surface area contributed by atoms with Gasteiger partial charge in [0.2, 0.25) is 0 Å². The number of hydrogen-bond donors (Lipinski definition) is 2. The van der Waals surface area contributed by atoms with Crippen molar-refractivity contribution in [2.75, 3.05) is 5.32 Å². The highest BCUT2D eigenvalue weighted by Gasteiger charge is 2.35. The summed E-state index contributed by atoms with van der Waals surface area (Å²) in [5.74, 6) is 0. The molecule has 0 amide bonds. The Morgan fingerprint density at radius 2 is 2.00 bits per heavy atom. The molecule has 1 heterocycles. The minimum atomic E-state index is -0.938. The van der Waals surface area contributed by atoms with Crippen LogP contribution in [0.4, 0.5) is 5.69 Å². The van der Waals surface area contributed by atoms with Gasteiger partial charge < -0.3 is 10.4 Å². The number of nitrogens with zero attached hydrogens (tertiary/aromatic N) is 2. The minimum absolute atomic E-state index is 0.186. The molecule has 0 aliphatic heterocycles. The molecular weight excluding hydrogens is 298 g/mol. The summed E-state index contributed by atoms with van der Waals surface area (Å²) in [4.78, 5) is 11.9. The predicted octanol–water partition coefficient (Wildman–Crippen LogP) is 1.99. The zero-order valence-corrected chi connectivity index (χ0v) is 13.0.